The molecule has 0 aliphatic carbocycles. The first-order valence-corrected chi connectivity index (χ1v) is 8.82. The zero-order valence-corrected chi connectivity index (χ0v) is 15.2. The van der Waals surface area contributed by atoms with Crippen LogP contribution in [-0.4, -0.2) is 29.3 Å². The molecule has 6 heteroatoms. The summed E-state index contributed by atoms with van der Waals surface area (Å²) in [7, 11) is 1.56. The van der Waals surface area contributed by atoms with Crippen LogP contribution in [0.2, 0.25) is 0 Å². The predicted molar refractivity (Wildman–Crippen MR) is 105 cm³/mol. The van der Waals surface area contributed by atoms with E-state index >= 15 is 0 Å². The first-order valence-electron chi connectivity index (χ1n) is 8.82. The number of aromatic nitrogens is 2. The lowest BCUT2D eigenvalue weighted by molar-refractivity contribution is 0.102. The first kappa shape index (κ1) is 17.0. The van der Waals surface area contributed by atoms with Crippen molar-refractivity contribution < 1.29 is 9.53 Å². The van der Waals surface area contributed by atoms with Gasteiger partial charge in [-0.25, -0.2) is 0 Å². The summed E-state index contributed by atoms with van der Waals surface area (Å²) in [6.07, 6.45) is 0.966. The summed E-state index contributed by atoms with van der Waals surface area (Å²) in [5.74, 6) is 1.01. The number of amides is 1. The Balaban J connectivity index is 1.55. The van der Waals surface area contributed by atoms with Gasteiger partial charge in [-0.15, -0.1) is 10.2 Å². The van der Waals surface area contributed by atoms with Gasteiger partial charge >= 0.3 is 0 Å². The van der Waals surface area contributed by atoms with E-state index in [-0.39, 0.29) is 11.6 Å². The van der Waals surface area contributed by atoms with Crippen molar-refractivity contribution in [1.29, 1.82) is 0 Å². The third-order valence-corrected chi connectivity index (χ3v) is 4.69. The average Bonchev–Trinajstić information content (AvgIpc) is 3.04. The quantitative estimate of drug-likeness (QED) is 0.766. The van der Waals surface area contributed by atoms with Crippen LogP contribution in [0.15, 0.2) is 60.7 Å². The molecular weight excluding hydrogens is 340 g/mol. The predicted octanol–water partition coefficient (Wildman–Crippen LogP) is 3.82. The van der Waals surface area contributed by atoms with Crippen molar-refractivity contribution >= 4 is 23.1 Å². The number of nitrogens with zero attached hydrogens (tertiary/aromatic N) is 3. The smallest absolute Gasteiger partial charge is 0.276 e. The number of rotatable bonds is 4. The van der Waals surface area contributed by atoms with Crippen LogP contribution in [0, 0.1) is 0 Å². The van der Waals surface area contributed by atoms with E-state index in [2.05, 4.69) is 39.5 Å². The van der Waals surface area contributed by atoms with Crippen LogP contribution in [0.1, 0.15) is 23.0 Å². The van der Waals surface area contributed by atoms with Crippen LogP contribution in [0.3, 0.4) is 0 Å². The lowest BCUT2D eigenvalue weighted by Gasteiger charge is -2.23. The second-order valence-electron chi connectivity index (χ2n) is 6.48. The minimum atomic E-state index is -0.326. The number of benzene rings is 2. The number of carbonyl (C=O) groups is 1. The van der Waals surface area contributed by atoms with Gasteiger partial charge in [-0.05, 0) is 49.2 Å². The van der Waals surface area contributed by atoms with Crippen LogP contribution in [0.25, 0.3) is 0 Å². The molecule has 0 fully saturated rings. The molecule has 1 unspecified atom stereocenters. The summed E-state index contributed by atoms with van der Waals surface area (Å²) in [5, 5.41) is 11.2. The van der Waals surface area contributed by atoms with Gasteiger partial charge in [-0.2, -0.15) is 0 Å². The summed E-state index contributed by atoms with van der Waals surface area (Å²) in [6.45, 7) is 2.16. The van der Waals surface area contributed by atoms with Crippen molar-refractivity contribution in [3.8, 4) is 5.75 Å². The molecule has 1 N–H and O–H groups in total. The number of para-hydroxylation sites is 3. The van der Waals surface area contributed by atoms with Crippen LogP contribution in [0.5, 0.6) is 5.75 Å². The molecule has 3 aromatic rings. The fourth-order valence-electron chi connectivity index (χ4n) is 3.42. The number of hydrogen-bond donors (Lipinski definition) is 1. The maximum atomic E-state index is 12.5. The van der Waals surface area contributed by atoms with Crippen molar-refractivity contribution in [3.63, 3.8) is 0 Å². The SMILES string of the molecule is COc1ccccc1NC(=O)c1ccc(N2c3ccccc3CC2C)nn1. The molecule has 1 aliphatic rings. The molecule has 0 spiro atoms. The summed E-state index contributed by atoms with van der Waals surface area (Å²) < 4.78 is 5.26. The number of fused-ring (bicyclic) bond motifs is 1. The zero-order chi connectivity index (χ0) is 18.8. The van der Waals surface area contributed by atoms with E-state index in [1.807, 2.05) is 30.3 Å². The van der Waals surface area contributed by atoms with E-state index in [4.69, 9.17) is 4.74 Å². The summed E-state index contributed by atoms with van der Waals surface area (Å²) in [6, 6.07) is 19.4. The molecule has 0 saturated carbocycles. The first-order chi connectivity index (χ1) is 13.2. The van der Waals surface area contributed by atoms with Crippen LogP contribution >= 0.6 is 0 Å². The highest BCUT2D eigenvalue weighted by Crippen LogP contribution is 2.36. The number of methoxy groups -OCH3 is 1. The van der Waals surface area contributed by atoms with Gasteiger partial charge in [0.1, 0.15) is 5.75 Å². The van der Waals surface area contributed by atoms with Crippen molar-refractivity contribution in [2.24, 2.45) is 0 Å². The zero-order valence-electron chi connectivity index (χ0n) is 15.2. The van der Waals surface area contributed by atoms with Crippen LogP contribution in [-0.2, 0) is 6.42 Å². The highest BCUT2D eigenvalue weighted by molar-refractivity contribution is 6.03. The third kappa shape index (κ3) is 3.21. The summed E-state index contributed by atoms with van der Waals surface area (Å²) in [5.41, 5.74) is 3.29. The second-order valence-corrected chi connectivity index (χ2v) is 6.48. The molecule has 1 amide bonds. The molecule has 0 bridgehead atoms. The third-order valence-electron chi connectivity index (χ3n) is 4.69. The Bertz CT molecular complexity index is 972. The second kappa shape index (κ2) is 7.07. The number of ether oxygens (including phenoxy) is 1. The lowest BCUT2D eigenvalue weighted by Crippen LogP contribution is -2.25. The molecule has 1 atom stereocenters. The van der Waals surface area contributed by atoms with E-state index in [0.717, 1.165) is 17.9 Å². The van der Waals surface area contributed by atoms with Crippen LogP contribution in [0.4, 0.5) is 17.2 Å². The van der Waals surface area contributed by atoms with Gasteiger partial charge in [-0.3, -0.25) is 4.79 Å². The van der Waals surface area contributed by atoms with E-state index in [1.54, 1.807) is 25.3 Å². The van der Waals surface area contributed by atoms with Gasteiger partial charge in [0.25, 0.3) is 5.91 Å². The van der Waals surface area contributed by atoms with Gasteiger partial charge in [0.15, 0.2) is 11.5 Å². The molecule has 1 aliphatic heterocycles. The molecule has 2 heterocycles. The highest BCUT2D eigenvalue weighted by Gasteiger charge is 2.28. The fourth-order valence-corrected chi connectivity index (χ4v) is 3.42. The van der Waals surface area contributed by atoms with Gasteiger partial charge < -0.3 is 15.0 Å². The standard InChI is InChI=1S/C21H20N4O2/c1-14-13-15-7-3-5-9-18(15)25(14)20-12-11-17(23-24-20)21(26)22-16-8-4-6-10-19(16)27-2/h3-12,14H,13H2,1-2H3,(H,22,26). The Labute approximate surface area is 157 Å². The van der Waals surface area contributed by atoms with E-state index in [1.165, 1.54) is 5.56 Å². The van der Waals surface area contributed by atoms with Crippen molar-refractivity contribution in [2.75, 3.05) is 17.3 Å². The lowest BCUT2D eigenvalue weighted by atomic mass is 10.1. The average molecular weight is 360 g/mol. The van der Waals surface area contributed by atoms with Crippen molar-refractivity contribution in [1.82, 2.24) is 10.2 Å². The Morgan fingerprint density at radius 3 is 2.63 bits per heavy atom. The number of carbonyl (C=O) groups excluding carboxylic acids is 1. The van der Waals surface area contributed by atoms with Gasteiger partial charge in [0.05, 0.1) is 12.8 Å². The Morgan fingerprint density at radius 1 is 1.07 bits per heavy atom. The minimum absolute atomic E-state index is 0.254. The molecule has 6 nitrogen and oxygen atoms in total. The number of nitrogens with one attached hydrogen (secondary N) is 1. The summed E-state index contributed by atoms with van der Waals surface area (Å²) in [4.78, 5) is 14.7. The minimum Gasteiger partial charge on any atom is -0.495 e. The van der Waals surface area contributed by atoms with E-state index < -0.39 is 0 Å². The largest absolute Gasteiger partial charge is 0.495 e. The molecule has 27 heavy (non-hydrogen) atoms. The molecule has 136 valence electrons. The normalized spacial score (nSPS) is 15.3. The number of anilines is 3. The number of hydrogen-bond acceptors (Lipinski definition) is 5. The molecular formula is C21H20N4O2. The topological polar surface area (TPSA) is 67.3 Å². The molecule has 4 rings (SSSR count). The maximum absolute atomic E-state index is 12.5. The fraction of sp³-hybridized carbons (Fsp3) is 0.190. The van der Waals surface area contributed by atoms with Gasteiger partial charge in [0.2, 0.25) is 0 Å². The van der Waals surface area contributed by atoms with Gasteiger partial charge in [0, 0.05) is 11.7 Å². The Hall–Kier alpha value is -3.41. The van der Waals surface area contributed by atoms with Crippen molar-refractivity contribution in [3.05, 3.63) is 71.9 Å². The van der Waals surface area contributed by atoms with Crippen molar-refractivity contribution in [2.45, 2.75) is 19.4 Å². The molecule has 2 aromatic carbocycles. The monoisotopic (exact) mass is 360 g/mol. The van der Waals surface area contributed by atoms with Crippen LogP contribution < -0.4 is 15.0 Å². The van der Waals surface area contributed by atoms with E-state index in [0.29, 0.717) is 17.5 Å². The molecule has 1 aromatic heterocycles. The molecule has 0 saturated heterocycles. The van der Waals surface area contributed by atoms with Gasteiger partial charge in [-0.1, -0.05) is 30.3 Å². The maximum Gasteiger partial charge on any atom is 0.276 e. The molecule has 0 radical (unpaired) electrons. The Morgan fingerprint density at radius 2 is 1.85 bits per heavy atom. The summed E-state index contributed by atoms with van der Waals surface area (Å²) >= 11 is 0. The van der Waals surface area contributed by atoms with E-state index in [9.17, 15) is 4.79 Å². The highest BCUT2D eigenvalue weighted by atomic mass is 16.5. The Kier molecular flexibility index (Phi) is 4.46.